The maximum atomic E-state index is 11.9. The van der Waals surface area contributed by atoms with Crippen LogP contribution in [0.3, 0.4) is 0 Å². The first-order valence-corrected chi connectivity index (χ1v) is 7.52. The van der Waals surface area contributed by atoms with Crippen molar-refractivity contribution in [3.63, 3.8) is 0 Å². The molecule has 2 aromatic rings. The molecule has 1 aromatic carbocycles. The topological polar surface area (TPSA) is 45.8 Å². The highest BCUT2D eigenvalue weighted by Gasteiger charge is 2.14. The smallest absolute Gasteiger partial charge is 0.265 e. The normalized spacial score (nSPS) is 11.7. The molecule has 0 fully saturated rings. The van der Waals surface area contributed by atoms with Crippen molar-refractivity contribution < 1.29 is 0 Å². The summed E-state index contributed by atoms with van der Waals surface area (Å²) in [6, 6.07) is 8.18. The number of aromatic nitrogens is 2. The van der Waals surface area contributed by atoms with Gasteiger partial charge in [0.2, 0.25) is 0 Å². The summed E-state index contributed by atoms with van der Waals surface area (Å²) in [5.41, 5.74) is 2.96. The molecule has 2 rings (SSSR count). The fourth-order valence-electron chi connectivity index (χ4n) is 2.00. The summed E-state index contributed by atoms with van der Waals surface area (Å²) in [5.74, 6) is 0.621. The molecule has 0 saturated carbocycles. The van der Waals surface area contributed by atoms with E-state index in [1.54, 1.807) is 0 Å². The number of nitrogens with zero attached hydrogens (tertiary/aromatic N) is 1. The van der Waals surface area contributed by atoms with Gasteiger partial charge in [0.25, 0.3) is 5.56 Å². The van der Waals surface area contributed by atoms with Gasteiger partial charge in [0.05, 0.1) is 5.69 Å². The molecule has 106 valence electrons. The highest BCUT2D eigenvalue weighted by atomic mass is 79.9. The van der Waals surface area contributed by atoms with Crippen molar-refractivity contribution in [3.05, 3.63) is 50.3 Å². The third kappa shape index (κ3) is 3.01. The number of hydrogen-bond donors (Lipinski definition) is 1. The van der Waals surface area contributed by atoms with Gasteiger partial charge in [0.1, 0.15) is 10.3 Å². The van der Waals surface area contributed by atoms with E-state index in [0.29, 0.717) is 10.3 Å². The average molecular weight is 335 g/mol. The minimum atomic E-state index is -0.133. The second-order valence-electron chi connectivity index (χ2n) is 5.86. The van der Waals surface area contributed by atoms with E-state index in [2.05, 4.69) is 58.8 Å². The zero-order valence-corrected chi connectivity index (χ0v) is 13.8. The van der Waals surface area contributed by atoms with E-state index >= 15 is 0 Å². The minimum Gasteiger partial charge on any atom is -0.306 e. The number of nitrogens with one attached hydrogen (secondary N) is 1. The van der Waals surface area contributed by atoms with Crippen molar-refractivity contribution in [3.8, 4) is 11.4 Å². The van der Waals surface area contributed by atoms with Crippen LogP contribution in [-0.4, -0.2) is 9.97 Å². The van der Waals surface area contributed by atoms with Gasteiger partial charge in [-0.3, -0.25) is 4.79 Å². The number of halogens is 1. The zero-order valence-electron chi connectivity index (χ0n) is 12.2. The molecule has 1 aromatic heterocycles. The van der Waals surface area contributed by atoms with Crippen LogP contribution in [-0.2, 0) is 11.8 Å². The van der Waals surface area contributed by atoms with Crippen LogP contribution in [0.25, 0.3) is 11.4 Å². The van der Waals surface area contributed by atoms with Crippen LogP contribution >= 0.6 is 15.9 Å². The van der Waals surface area contributed by atoms with Gasteiger partial charge in [0.15, 0.2) is 0 Å². The van der Waals surface area contributed by atoms with E-state index in [1.807, 2.05) is 19.1 Å². The molecule has 0 bridgehead atoms. The van der Waals surface area contributed by atoms with Crippen molar-refractivity contribution >= 4 is 15.9 Å². The molecule has 0 atom stereocenters. The Morgan fingerprint density at radius 2 is 1.80 bits per heavy atom. The van der Waals surface area contributed by atoms with Crippen LogP contribution in [0, 0.1) is 0 Å². The fraction of sp³-hybridized carbons (Fsp3) is 0.375. The summed E-state index contributed by atoms with van der Waals surface area (Å²) in [5, 5.41) is 0. The van der Waals surface area contributed by atoms with Gasteiger partial charge in [-0.1, -0.05) is 52.0 Å². The molecule has 3 nitrogen and oxygen atoms in total. The largest absolute Gasteiger partial charge is 0.306 e. The summed E-state index contributed by atoms with van der Waals surface area (Å²) in [6.45, 7) is 8.52. The molecule has 0 aliphatic carbocycles. The Bertz CT molecular complexity index is 666. The number of aromatic amines is 1. The van der Waals surface area contributed by atoms with E-state index in [4.69, 9.17) is 0 Å². The molecular weight excluding hydrogens is 316 g/mol. The third-order valence-electron chi connectivity index (χ3n) is 3.29. The molecule has 0 spiro atoms. The quantitative estimate of drug-likeness (QED) is 0.900. The minimum absolute atomic E-state index is 0.119. The summed E-state index contributed by atoms with van der Waals surface area (Å²) in [7, 11) is 0. The molecule has 1 heterocycles. The molecule has 0 aliphatic heterocycles. The third-order valence-corrected chi connectivity index (χ3v) is 4.11. The van der Waals surface area contributed by atoms with Crippen LogP contribution in [0.2, 0.25) is 0 Å². The van der Waals surface area contributed by atoms with Gasteiger partial charge in [-0.15, -0.1) is 0 Å². The number of hydrogen-bond acceptors (Lipinski definition) is 2. The maximum Gasteiger partial charge on any atom is 0.265 e. The predicted molar refractivity (Wildman–Crippen MR) is 86.1 cm³/mol. The van der Waals surface area contributed by atoms with Gasteiger partial charge in [0, 0.05) is 5.56 Å². The Morgan fingerprint density at radius 3 is 2.30 bits per heavy atom. The Labute approximate surface area is 127 Å². The maximum absolute atomic E-state index is 11.9. The van der Waals surface area contributed by atoms with Gasteiger partial charge in [-0.05, 0) is 33.3 Å². The number of benzene rings is 1. The summed E-state index contributed by atoms with van der Waals surface area (Å²) in [6.07, 6.45) is 0.720. The monoisotopic (exact) mass is 334 g/mol. The van der Waals surface area contributed by atoms with Crippen molar-refractivity contribution in [1.29, 1.82) is 0 Å². The Hall–Kier alpha value is -1.42. The van der Waals surface area contributed by atoms with Crippen LogP contribution < -0.4 is 5.56 Å². The Balaban J connectivity index is 2.47. The molecule has 4 heteroatoms. The molecule has 20 heavy (non-hydrogen) atoms. The van der Waals surface area contributed by atoms with Gasteiger partial charge in [-0.25, -0.2) is 4.98 Å². The first-order chi connectivity index (χ1) is 9.32. The van der Waals surface area contributed by atoms with Crippen LogP contribution in [0.5, 0.6) is 0 Å². The van der Waals surface area contributed by atoms with Crippen molar-refractivity contribution in [2.75, 3.05) is 0 Å². The first-order valence-electron chi connectivity index (χ1n) is 6.72. The van der Waals surface area contributed by atoms with Crippen LogP contribution in [0.15, 0.2) is 33.5 Å². The molecule has 0 unspecified atom stereocenters. The Morgan fingerprint density at radius 1 is 1.20 bits per heavy atom. The average Bonchev–Trinajstić information content (AvgIpc) is 2.41. The first kappa shape index (κ1) is 15.0. The summed E-state index contributed by atoms with van der Waals surface area (Å²) >= 11 is 3.28. The lowest BCUT2D eigenvalue weighted by atomic mass is 9.87. The number of H-pyrrole nitrogens is 1. The van der Waals surface area contributed by atoms with E-state index in [9.17, 15) is 4.79 Å². The Kier molecular flexibility index (Phi) is 4.14. The van der Waals surface area contributed by atoms with Crippen molar-refractivity contribution in [2.45, 2.75) is 39.5 Å². The van der Waals surface area contributed by atoms with Gasteiger partial charge >= 0.3 is 0 Å². The van der Waals surface area contributed by atoms with E-state index < -0.39 is 0 Å². The lowest BCUT2D eigenvalue weighted by Crippen LogP contribution is -2.13. The number of rotatable bonds is 2. The summed E-state index contributed by atoms with van der Waals surface area (Å²) in [4.78, 5) is 19.2. The second kappa shape index (κ2) is 5.52. The predicted octanol–water partition coefficient (Wildman–Crippen LogP) is 4.06. The zero-order chi connectivity index (χ0) is 14.9. The highest BCUT2D eigenvalue weighted by Crippen LogP contribution is 2.25. The molecule has 0 radical (unpaired) electrons. The highest BCUT2D eigenvalue weighted by molar-refractivity contribution is 9.10. The lowest BCUT2D eigenvalue weighted by molar-refractivity contribution is 0.590. The second-order valence-corrected chi connectivity index (χ2v) is 6.65. The molecule has 1 N–H and O–H groups in total. The van der Waals surface area contributed by atoms with Crippen molar-refractivity contribution in [2.24, 2.45) is 0 Å². The molecule has 0 amide bonds. The molecular formula is C16H19BrN2O. The van der Waals surface area contributed by atoms with Gasteiger partial charge in [-0.2, -0.15) is 0 Å². The van der Waals surface area contributed by atoms with Gasteiger partial charge < -0.3 is 4.98 Å². The van der Waals surface area contributed by atoms with E-state index in [-0.39, 0.29) is 11.0 Å². The SMILES string of the molecule is CCc1nc(-c2ccc(C(C)(C)C)cc2)[nH]c(=O)c1Br. The molecule has 0 aliphatic rings. The van der Waals surface area contributed by atoms with E-state index in [0.717, 1.165) is 17.7 Å². The standard InChI is InChI=1S/C16H19BrN2O/c1-5-12-13(17)15(20)19-14(18-12)10-6-8-11(9-7-10)16(2,3)4/h6-9H,5H2,1-4H3,(H,18,19,20). The number of aryl methyl sites for hydroxylation is 1. The van der Waals surface area contributed by atoms with E-state index in [1.165, 1.54) is 5.56 Å². The summed E-state index contributed by atoms with van der Waals surface area (Å²) < 4.78 is 0.523. The van der Waals surface area contributed by atoms with Crippen LogP contribution in [0.1, 0.15) is 39.0 Å². The lowest BCUT2D eigenvalue weighted by Gasteiger charge is -2.19. The van der Waals surface area contributed by atoms with Crippen LogP contribution in [0.4, 0.5) is 0 Å². The van der Waals surface area contributed by atoms with Crippen molar-refractivity contribution in [1.82, 2.24) is 9.97 Å². The fourth-order valence-corrected chi connectivity index (χ4v) is 2.47. The molecule has 0 saturated heterocycles.